The van der Waals surface area contributed by atoms with Crippen LogP contribution in [0.4, 0.5) is 19.3 Å². The number of hydrogen-bond acceptors (Lipinski definition) is 3. The summed E-state index contributed by atoms with van der Waals surface area (Å²) in [4.78, 5) is 12.1. The van der Waals surface area contributed by atoms with Gasteiger partial charge in [-0.05, 0) is 36.2 Å². The molecule has 0 radical (unpaired) electrons. The molecule has 0 aromatic heterocycles. The molecule has 0 spiro atoms. The summed E-state index contributed by atoms with van der Waals surface area (Å²) in [5, 5.41) is 3.41. The number of halogens is 2. The van der Waals surface area contributed by atoms with Crippen LogP contribution in [0.25, 0.3) is 0 Å². The molecule has 0 aliphatic carbocycles. The van der Waals surface area contributed by atoms with Gasteiger partial charge in [-0.3, -0.25) is 5.01 Å². The maximum Gasteiger partial charge on any atom is 0.335 e. The van der Waals surface area contributed by atoms with E-state index in [9.17, 15) is 13.6 Å². The first kappa shape index (κ1) is 18.2. The van der Waals surface area contributed by atoms with Crippen molar-refractivity contribution >= 4 is 23.5 Å². The third kappa shape index (κ3) is 4.46. The predicted octanol–water partition coefficient (Wildman–Crippen LogP) is 4.16. The van der Waals surface area contributed by atoms with E-state index in [0.29, 0.717) is 16.1 Å². The second kappa shape index (κ2) is 8.12. The van der Waals surface area contributed by atoms with Gasteiger partial charge in [-0.1, -0.05) is 19.1 Å². The number of nitrogens with zero attached hydrogens (tertiary/aromatic N) is 1. The summed E-state index contributed by atoms with van der Waals surface area (Å²) in [6, 6.07) is 8.71. The van der Waals surface area contributed by atoms with Crippen molar-refractivity contribution in [2.75, 3.05) is 12.4 Å². The Kier molecular flexibility index (Phi) is 6.16. The highest BCUT2D eigenvalue weighted by atomic mass is 32.2. The lowest BCUT2D eigenvalue weighted by molar-refractivity contribution is 0.223. The fraction of sp³-hybridized carbons (Fsp3) is 0.235. The molecule has 24 heavy (non-hydrogen) atoms. The van der Waals surface area contributed by atoms with E-state index in [2.05, 4.69) is 5.32 Å². The molecular weight excluding hydrogens is 332 g/mol. The standard InChI is InChI=1S/C17H19F2N3OS/c1-3-11-7-8-14(19)16(9-11)24-10-12-13(18)5-4-6-15(12)21-17(23)22(2)20/h4-9H,3,10,20H2,1-2H3,(H,21,23). The highest BCUT2D eigenvalue weighted by molar-refractivity contribution is 7.98. The van der Waals surface area contributed by atoms with Gasteiger partial charge in [-0.2, -0.15) is 0 Å². The average Bonchev–Trinajstić information content (AvgIpc) is 2.55. The number of hydrogen-bond donors (Lipinski definition) is 2. The van der Waals surface area contributed by atoms with Crippen molar-refractivity contribution in [1.29, 1.82) is 0 Å². The number of carbonyl (C=O) groups is 1. The van der Waals surface area contributed by atoms with Crippen LogP contribution in [0.2, 0.25) is 0 Å². The maximum absolute atomic E-state index is 14.1. The van der Waals surface area contributed by atoms with E-state index < -0.39 is 11.8 Å². The van der Waals surface area contributed by atoms with Gasteiger partial charge < -0.3 is 5.32 Å². The molecule has 0 aliphatic rings. The lowest BCUT2D eigenvalue weighted by Gasteiger charge is -2.15. The zero-order valence-electron chi connectivity index (χ0n) is 13.5. The minimum absolute atomic E-state index is 0.181. The third-order valence-electron chi connectivity index (χ3n) is 3.46. The predicted molar refractivity (Wildman–Crippen MR) is 92.7 cm³/mol. The number of thioether (sulfide) groups is 1. The van der Waals surface area contributed by atoms with E-state index in [1.807, 2.05) is 6.92 Å². The zero-order valence-corrected chi connectivity index (χ0v) is 14.3. The van der Waals surface area contributed by atoms with Crippen LogP contribution in [0.15, 0.2) is 41.3 Å². The number of anilines is 1. The Morgan fingerprint density at radius 1 is 1.25 bits per heavy atom. The van der Waals surface area contributed by atoms with Gasteiger partial charge in [0.05, 0.1) is 0 Å². The molecule has 4 nitrogen and oxygen atoms in total. The Hall–Kier alpha value is -2.12. The normalized spacial score (nSPS) is 10.5. The van der Waals surface area contributed by atoms with Crippen LogP contribution in [-0.4, -0.2) is 18.1 Å². The Morgan fingerprint density at radius 2 is 2.00 bits per heavy atom. The molecular formula is C17H19F2N3OS. The minimum Gasteiger partial charge on any atom is -0.306 e. The van der Waals surface area contributed by atoms with Gasteiger partial charge in [-0.25, -0.2) is 19.4 Å². The van der Waals surface area contributed by atoms with Gasteiger partial charge in [0, 0.05) is 28.9 Å². The number of benzene rings is 2. The number of nitrogens with two attached hydrogens (primary N) is 1. The number of hydrazine groups is 1. The molecule has 0 unspecified atom stereocenters. The van der Waals surface area contributed by atoms with Crippen LogP contribution in [0.3, 0.4) is 0 Å². The summed E-state index contributed by atoms with van der Waals surface area (Å²) in [5.74, 6) is 4.73. The fourth-order valence-corrected chi connectivity index (χ4v) is 3.09. The van der Waals surface area contributed by atoms with Crippen LogP contribution >= 0.6 is 11.8 Å². The largest absolute Gasteiger partial charge is 0.335 e. The third-order valence-corrected chi connectivity index (χ3v) is 4.51. The van der Waals surface area contributed by atoms with Gasteiger partial charge in [0.25, 0.3) is 0 Å². The average molecular weight is 351 g/mol. The van der Waals surface area contributed by atoms with Crippen LogP contribution < -0.4 is 11.2 Å². The van der Waals surface area contributed by atoms with E-state index >= 15 is 0 Å². The van der Waals surface area contributed by atoms with Crippen LogP contribution in [-0.2, 0) is 12.2 Å². The number of nitrogens with one attached hydrogen (secondary N) is 1. The zero-order chi connectivity index (χ0) is 17.7. The van der Waals surface area contributed by atoms with Crippen molar-refractivity contribution in [1.82, 2.24) is 5.01 Å². The second-order valence-corrected chi connectivity index (χ2v) is 6.23. The molecule has 0 atom stereocenters. The number of carbonyl (C=O) groups excluding carboxylic acids is 1. The smallest absolute Gasteiger partial charge is 0.306 e. The SMILES string of the molecule is CCc1ccc(F)c(SCc2c(F)cccc2NC(=O)N(C)N)c1. The Balaban J connectivity index is 2.22. The molecule has 0 heterocycles. The number of rotatable bonds is 5. The van der Waals surface area contributed by atoms with Crippen molar-refractivity contribution in [3.8, 4) is 0 Å². The molecule has 3 N–H and O–H groups in total. The first-order chi connectivity index (χ1) is 11.4. The summed E-state index contributed by atoms with van der Waals surface area (Å²) in [5.41, 5.74) is 1.61. The molecule has 128 valence electrons. The van der Waals surface area contributed by atoms with Crippen molar-refractivity contribution in [2.45, 2.75) is 24.0 Å². The van der Waals surface area contributed by atoms with Crippen molar-refractivity contribution in [2.24, 2.45) is 5.84 Å². The van der Waals surface area contributed by atoms with Crippen LogP contribution in [0, 0.1) is 11.6 Å². The maximum atomic E-state index is 14.1. The van der Waals surface area contributed by atoms with Crippen molar-refractivity contribution in [3.05, 3.63) is 59.2 Å². The first-order valence-electron chi connectivity index (χ1n) is 7.40. The summed E-state index contributed by atoms with van der Waals surface area (Å²) in [6.45, 7) is 1.98. The highest BCUT2D eigenvalue weighted by Gasteiger charge is 2.14. The molecule has 2 amide bonds. The van der Waals surface area contributed by atoms with E-state index in [-0.39, 0.29) is 11.6 Å². The molecule has 7 heteroatoms. The lowest BCUT2D eigenvalue weighted by atomic mass is 10.2. The molecule has 2 rings (SSSR count). The molecule has 0 fully saturated rings. The lowest BCUT2D eigenvalue weighted by Crippen LogP contribution is -2.37. The summed E-state index contributed by atoms with van der Waals surface area (Å²) >= 11 is 1.18. The van der Waals surface area contributed by atoms with Crippen molar-refractivity contribution < 1.29 is 13.6 Å². The van der Waals surface area contributed by atoms with Crippen LogP contribution in [0.1, 0.15) is 18.1 Å². The minimum atomic E-state index is -0.564. The van der Waals surface area contributed by atoms with Gasteiger partial charge in [0.1, 0.15) is 11.6 Å². The summed E-state index contributed by atoms with van der Waals surface area (Å²) < 4.78 is 28.1. The second-order valence-electron chi connectivity index (χ2n) is 5.21. The molecule has 0 aliphatic heterocycles. The highest BCUT2D eigenvalue weighted by Crippen LogP contribution is 2.31. The van der Waals surface area contributed by atoms with E-state index in [0.717, 1.165) is 17.0 Å². The Labute approximate surface area is 144 Å². The van der Waals surface area contributed by atoms with E-state index in [1.165, 1.54) is 37.0 Å². The topological polar surface area (TPSA) is 58.4 Å². The molecule has 2 aromatic carbocycles. The van der Waals surface area contributed by atoms with Gasteiger partial charge in [0.15, 0.2) is 0 Å². The number of aryl methyl sites for hydroxylation is 1. The molecule has 0 saturated carbocycles. The number of amides is 2. The fourth-order valence-electron chi connectivity index (χ4n) is 2.05. The molecule has 0 bridgehead atoms. The Morgan fingerprint density at radius 3 is 2.67 bits per heavy atom. The number of urea groups is 1. The quantitative estimate of drug-likeness (QED) is 0.368. The van der Waals surface area contributed by atoms with Gasteiger partial charge in [0.2, 0.25) is 0 Å². The van der Waals surface area contributed by atoms with Crippen molar-refractivity contribution in [3.63, 3.8) is 0 Å². The Bertz CT molecular complexity index is 738. The molecule has 2 aromatic rings. The molecule has 0 saturated heterocycles. The summed E-state index contributed by atoms with van der Waals surface area (Å²) in [6.07, 6.45) is 0.789. The van der Waals surface area contributed by atoms with Crippen LogP contribution in [0.5, 0.6) is 0 Å². The van der Waals surface area contributed by atoms with E-state index in [1.54, 1.807) is 18.2 Å². The first-order valence-corrected chi connectivity index (χ1v) is 8.39. The van der Waals surface area contributed by atoms with E-state index in [4.69, 9.17) is 5.84 Å². The monoisotopic (exact) mass is 351 g/mol. The summed E-state index contributed by atoms with van der Waals surface area (Å²) in [7, 11) is 1.38. The van der Waals surface area contributed by atoms with Gasteiger partial charge >= 0.3 is 6.03 Å². The van der Waals surface area contributed by atoms with Gasteiger partial charge in [-0.15, -0.1) is 11.8 Å².